The van der Waals surface area contributed by atoms with Crippen LogP contribution in [0.1, 0.15) is 37.5 Å². The summed E-state index contributed by atoms with van der Waals surface area (Å²) in [6.07, 6.45) is 0. The summed E-state index contributed by atoms with van der Waals surface area (Å²) in [6, 6.07) is 6.14. The maximum absolute atomic E-state index is 11.9. The molecule has 0 aliphatic rings. The van der Waals surface area contributed by atoms with Crippen molar-refractivity contribution in [3.05, 3.63) is 34.9 Å². The first-order chi connectivity index (χ1) is 6.82. The van der Waals surface area contributed by atoms with Gasteiger partial charge in [-0.1, -0.05) is 18.2 Å². The van der Waals surface area contributed by atoms with E-state index in [0.29, 0.717) is 6.54 Å². The molecule has 15 heavy (non-hydrogen) atoms. The second kappa shape index (κ2) is 4.33. The van der Waals surface area contributed by atoms with Gasteiger partial charge in [0.2, 0.25) is 0 Å². The molecule has 0 saturated carbocycles. The summed E-state index contributed by atoms with van der Waals surface area (Å²) >= 11 is 0. The Bertz CT molecular complexity index is 319. The average molecular weight is 206 g/mol. The molecule has 0 heterocycles. The van der Waals surface area contributed by atoms with Crippen LogP contribution in [0.4, 0.5) is 0 Å². The van der Waals surface area contributed by atoms with E-state index in [-0.39, 0.29) is 5.54 Å². The molecule has 0 N–H and O–H groups in total. The summed E-state index contributed by atoms with van der Waals surface area (Å²) in [4.78, 5) is 0. The van der Waals surface area contributed by atoms with Gasteiger partial charge in [0, 0.05) is 5.54 Å². The first kappa shape index (κ1) is 12.2. The van der Waals surface area contributed by atoms with Crippen molar-refractivity contribution in [2.75, 3.05) is 0 Å². The van der Waals surface area contributed by atoms with Crippen LogP contribution in [0, 0.1) is 13.8 Å². The molecule has 0 saturated heterocycles. The molecule has 0 aromatic heterocycles. The Kier molecular flexibility index (Phi) is 3.53. The first-order valence-electron chi connectivity index (χ1n) is 5.32. The zero-order valence-electron chi connectivity index (χ0n) is 10.3. The fraction of sp³-hybridized carbons (Fsp3) is 0.538. The highest BCUT2D eigenvalue weighted by Crippen LogP contribution is 2.19. The fourth-order valence-electron chi connectivity index (χ4n) is 1.48. The summed E-state index contributed by atoms with van der Waals surface area (Å²) in [7, 11) is 0. The second-order valence-corrected chi connectivity index (χ2v) is 5.08. The van der Waals surface area contributed by atoms with Gasteiger partial charge >= 0.3 is 0 Å². The van der Waals surface area contributed by atoms with Crippen LogP contribution >= 0.6 is 0 Å². The van der Waals surface area contributed by atoms with Crippen molar-refractivity contribution < 1.29 is 5.21 Å². The van der Waals surface area contributed by atoms with E-state index < -0.39 is 0 Å². The number of aryl methyl sites for hydroxylation is 2. The van der Waals surface area contributed by atoms with Gasteiger partial charge in [0.1, 0.15) is 0 Å². The van der Waals surface area contributed by atoms with E-state index in [9.17, 15) is 5.21 Å². The van der Waals surface area contributed by atoms with E-state index in [1.165, 1.54) is 11.1 Å². The molecule has 1 radical (unpaired) electrons. The van der Waals surface area contributed by atoms with E-state index in [1.54, 1.807) is 0 Å². The van der Waals surface area contributed by atoms with Crippen LogP contribution in [0.3, 0.4) is 0 Å². The highest BCUT2D eigenvalue weighted by Gasteiger charge is 2.21. The summed E-state index contributed by atoms with van der Waals surface area (Å²) in [5.41, 5.74) is 3.22. The molecule has 1 rings (SSSR count). The minimum absolute atomic E-state index is 0.325. The molecule has 0 bridgehead atoms. The lowest BCUT2D eigenvalue weighted by Crippen LogP contribution is -2.37. The zero-order chi connectivity index (χ0) is 11.6. The van der Waals surface area contributed by atoms with Crippen molar-refractivity contribution in [3.63, 3.8) is 0 Å². The van der Waals surface area contributed by atoms with Gasteiger partial charge in [-0.15, -0.1) is 10.3 Å². The predicted molar refractivity (Wildman–Crippen MR) is 61.9 cm³/mol. The molecule has 0 fully saturated rings. The zero-order valence-corrected chi connectivity index (χ0v) is 10.3. The Labute approximate surface area is 92.5 Å². The molecule has 0 atom stereocenters. The number of rotatable bonds is 2. The van der Waals surface area contributed by atoms with E-state index in [2.05, 4.69) is 26.0 Å². The Morgan fingerprint density at radius 2 is 1.60 bits per heavy atom. The Balaban J connectivity index is 2.90. The Morgan fingerprint density at radius 1 is 1.13 bits per heavy atom. The molecule has 2 heteroatoms. The van der Waals surface area contributed by atoms with Crippen LogP contribution in [-0.2, 0) is 11.8 Å². The average Bonchev–Trinajstić information content (AvgIpc) is 2.09. The van der Waals surface area contributed by atoms with E-state index in [0.717, 1.165) is 10.6 Å². The van der Waals surface area contributed by atoms with Crippen molar-refractivity contribution in [2.24, 2.45) is 0 Å². The quantitative estimate of drug-likeness (QED) is 0.681. The van der Waals surface area contributed by atoms with E-state index in [1.807, 2.05) is 26.8 Å². The van der Waals surface area contributed by atoms with Gasteiger partial charge < -0.3 is 0 Å². The molecule has 1 aromatic carbocycles. The number of nitrogens with zero attached hydrogens (tertiary/aromatic N) is 1. The van der Waals surface area contributed by atoms with Crippen molar-refractivity contribution >= 4 is 0 Å². The first-order valence-corrected chi connectivity index (χ1v) is 5.32. The van der Waals surface area contributed by atoms with E-state index in [4.69, 9.17) is 0 Å². The van der Waals surface area contributed by atoms with Crippen molar-refractivity contribution in [1.29, 1.82) is 0 Å². The maximum atomic E-state index is 11.9. The molecule has 83 valence electrons. The van der Waals surface area contributed by atoms with Crippen LogP contribution < -0.4 is 0 Å². The van der Waals surface area contributed by atoms with Gasteiger partial charge in [-0.3, -0.25) is 0 Å². The van der Waals surface area contributed by atoms with Crippen molar-refractivity contribution in [1.82, 2.24) is 5.06 Å². The van der Waals surface area contributed by atoms with Gasteiger partial charge in [0.05, 0.1) is 6.54 Å². The van der Waals surface area contributed by atoms with Gasteiger partial charge in [0.25, 0.3) is 0 Å². The Morgan fingerprint density at radius 3 is 2.00 bits per heavy atom. The number of hydroxylamine groups is 2. The van der Waals surface area contributed by atoms with Crippen LogP contribution in [0.2, 0.25) is 0 Å². The number of benzene rings is 1. The molecule has 0 aliphatic heterocycles. The third kappa shape index (κ3) is 3.05. The summed E-state index contributed by atoms with van der Waals surface area (Å²) in [6.45, 7) is 10.4. The number of hydrogen-bond donors (Lipinski definition) is 0. The molecule has 0 spiro atoms. The molecular weight excluding hydrogens is 186 g/mol. The molecule has 2 nitrogen and oxygen atoms in total. The standard InChI is InChI=1S/C13H20NO/c1-10-7-6-8-11(2)12(10)9-14(15)13(3,4)5/h6-8H,9H2,1-5H3. The molecule has 0 amide bonds. The molecule has 0 unspecified atom stereocenters. The Hall–Kier alpha value is -0.860. The lowest BCUT2D eigenvalue weighted by Gasteiger charge is -2.28. The van der Waals surface area contributed by atoms with Gasteiger partial charge in [-0.2, -0.15) is 0 Å². The highest BCUT2D eigenvalue weighted by molar-refractivity contribution is 5.33. The fourth-order valence-corrected chi connectivity index (χ4v) is 1.48. The molecular formula is C13H20NO. The van der Waals surface area contributed by atoms with Crippen molar-refractivity contribution in [2.45, 2.75) is 46.7 Å². The number of hydrogen-bond acceptors (Lipinski definition) is 1. The van der Waals surface area contributed by atoms with Gasteiger partial charge in [-0.25, -0.2) is 0 Å². The summed E-state index contributed by atoms with van der Waals surface area (Å²) < 4.78 is 0. The van der Waals surface area contributed by atoms with Crippen LogP contribution in [-0.4, -0.2) is 10.6 Å². The highest BCUT2D eigenvalue weighted by atomic mass is 16.5. The van der Waals surface area contributed by atoms with Crippen LogP contribution in [0.25, 0.3) is 0 Å². The topological polar surface area (TPSA) is 23.1 Å². The maximum Gasteiger partial charge on any atom is 0.0533 e. The second-order valence-electron chi connectivity index (χ2n) is 5.08. The third-order valence-electron chi connectivity index (χ3n) is 2.69. The normalized spacial score (nSPS) is 12.2. The van der Waals surface area contributed by atoms with Gasteiger partial charge in [-0.05, 0) is 51.3 Å². The predicted octanol–water partition coefficient (Wildman–Crippen LogP) is 3.25. The molecule has 1 aromatic rings. The monoisotopic (exact) mass is 206 g/mol. The van der Waals surface area contributed by atoms with Crippen LogP contribution in [0.15, 0.2) is 18.2 Å². The van der Waals surface area contributed by atoms with E-state index >= 15 is 0 Å². The lowest BCUT2D eigenvalue weighted by molar-refractivity contribution is -0.219. The van der Waals surface area contributed by atoms with Crippen LogP contribution in [0.5, 0.6) is 0 Å². The minimum Gasteiger partial charge on any atom is -0.145 e. The third-order valence-corrected chi connectivity index (χ3v) is 2.69. The molecule has 0 aliphatic carbocycles. The summed E-state index contributed by atoms with van der Waals surface area (Å²) in [5, 5.41) is 13.0. The largest absolute Gasteiger partial charge is 0.145 e. The van der Waals surface area contributed by atoms with Gasteiger partial charge in [0.15, 0.2) is 0 Å². The summed E-state index contributed by atoms with van der Waals surface area (Å²) in [5.74, 6) is 0. The lowest BCUT2D eigenvalue weighted by atomic mass is 10.0. The smallest absolute Gasteiger partial charge is 0.0533 e. The SMILES string of the molecule is Cc1cccc(C)c1CN([O])C(C)(C)C. The van der Waals surface area contributed by atoms with Crippen molar-refractivity contribution in [3.8, 4) is 0 Å². The minimum atomic E-state index is -0.325.